The zero-order chi connectivity index (χ0) is 13.1. The van der Waals surface area contributed by atoms with Gasteiger partial charge in [0.25, 0.3) is 0 Å². The maximum atomic E-state index is 12.0. The zero-order valence-corrected chi connectivity index (χ0v) is 10.4. The molecule has 0 radical (unpaired) electrons. The smallest absolute Gasteiger partial charge is 0.388 e. The summed E-state index contributed by atoms with van der Waals surface area (Å²) in [7, 11) is 0. The normalized spacial score (nSPS) is 11.1. The van der Waals surface area contributed by atoms with E-state index in [2.05, 4.69) is 25.7 Å². The Morgan fingerprint density at radius 1 is 1.53 bits per heavy atom. The second kappa shape index (κ2) is 5.36. The first-order chi connectivity index (χ1) is 7.87. The molecule has 17 heavy (non-hydrogen) atoms. The molecule has 92 valence electrons. The van der Waals surface area contributed by atoms with Crippen LogP contribution in [0.15, 0.2) is 6.07 Å². The van der Waals surface area contributed by atoms with E-state index in [1.165, 1.54) is 6.07 Å². The monoisotopic (exact) mass is 308 g/mol. The van der Waals surface area contributed by atoms with E-state index in [-0.39, 0.29) is 6.42 Å². The summed E-state index contributed by atoms with van der Waals surface area (Å²) in [6, 6.07) is 3.13. The Morgan fingerprint density at radius 3 is 2.65 bits per heavy atom. The number of pyridine rings is 1. The maximum absolute atomic E-state index is 12.0. The summed E-state index contributed by atoms with van der Waals surface area (Å²) in [6.07, 6.45) is -4.66. The Hall–Kier alpha value is -1.29. The van der Waals surface area contributed by atoms with Gasteiger partial charge in [-0.05, 0) is 18.1 Å². The van der Waals surface area contributed by atoms with Crippen molar-refractivity contribution in [1.29, 1.82) is 5.26 Å². The molecule has 0 fully saturated rings. The van der Waals surface area contributed by atoms with Crippen LogP contribution in [-0.2, 0) is 11.8 Å². The largest absolute Gasteiger partial charge is 0.574 e. The van der Waals surface area contributed by atoms with Crippen molar-refractivity contribution < 1.29 is 17.9 Å². The number of aryl methyl sites for hydroxylation is 1. The molecule has 1 rings (SSSR count). The topological polar surface area (TPSA) is 45.9 Å². The Kier molecular flexibility index (Phi) is 4.34. The number of nitriles is 1. The summed E-state index contributed by atoms with van der Waals surface area (Å²) in [5.41, 5.74) is 1.56. The first kappa shape index (κ1) is 13.8. The highest BCUT2D eigenvalue weighted by Gasteiger charge is 2.32. The van der Waals surface area contributed by atoms with Crippen molar-refractivity contribution in [2.45, 2.75) is 25.0 Å². The molecule has 0 aliphatic rings. The van der Waals surface area contributed by atoms with Crippen LogP contribution in [0, 0.1) is 18.3 Å². The molecule has 0 aliphatic carbocycles. The fourth-order valence-electron chi connectivity index (χ4n) is 1.34. The third-order valence-corrected chi connectivity index (χ3v) is 2.62. The SMILES string of the molecule is Cc1nc(OC(F)(F)F)cc(CBr)c1CC#N. The maximum Gasteiger partial charge on any atom is 0.574 e. The number of rotatable bonds is 3. The molecule has 0 saturated carbocycles. The van der Waals surface area contributed by atoms with Gasteiger partial charge in [-0.2, -0.15) is 5.26 Å². The van der Waals surface area contributed by atoms with E-state index < -0.39 is 12.2 Å². The minimum atomic E-state index is -4.76. The number of nitrogens with zero attached hydrogens (tertiary/aromatic N) is 2. The molecule has 1 aromatic heterocycles. The molecule has 1 heterocycles. The van der Waals surface area contributed by atoms with Gasteiger partial charge in [-0.25, -0.2) is 4.98 Å². The van der Waals surface area contributed by atoms with Gasteiger partial charge >= 0.3 is 6.36 Å². The first-order valence-electron chi connectivity index (χ1n) is 4.55. The predicted molar refractivity (Wildman–Crippen MR) is 57.6 cm³/mol. The Balaban J connectivity index is 3.14. The number of ether oxygens (including phenoxy) is 1. The molecule has 0 aliphatic heterocycles. The first-order valence-corrected chi connectivity index (χ1v) is 5.67. The Morgan fingerprint density at radius 2 is 2.18 bits per heavy atom. The fraction of sp³-hybridized carbons (Fsp3) is 0.400. The minimum absolute atomic E-state index is 0.103. The number of halogens is 4. The van der Waals surface area contributed by atoms with Gasteiger partial charge in [-0.3, -0.25) is 0 Å². The summed E-state index contributed by atoms with van der Waals surface area (Å²) in [6.45, 7) is 1.54. The number of hydrogen-bond acceptors (Lipinski definition) is 3. The van der Waals surface area contributed by atoms with E-state index in [0.717, 1.165) is 0 Å². The number of aromatic nitrogens is 1. The lowest BCUT2D eigenvalue weighted by molar-refractivity contribution is -0.276. The van der Waals surface area contributed by atoms with Crippen LogP contribution in [-0.4, -0.2) is 11.3 Å². The Bertz CT molecular complexity index is 454. The lowest BCUT2D eigenvalue weighted by atomic mass is 10.1. The van der Waals surface area contributed by atoms with Crippen LogP contribution >= 0.6 is 15.9 Å². The quantitative estimate of drug-likeness (QED) is 0.805. The molecule has 0 spiro atoms. The van der Waals surface area contributed by atoms with Gasteiger partial charge in [0.15, 0.2) is 0 Å². The third kappa shape index (κ3) is 3.89. The van der Waals surface area contributed by atoms with E-state index >= 15 is 0 Å². The molecule has 0 unspecified atom stereocenters. The number of alkyl halides is 4. The van der Waals surface area contributed by atoms with Crippen LogP contribution < -0.4 is 4.74 Å². The van der Waals surface area contributed by atoms with Gasteiger partial charge in [0.05, 0.1) is 12.5 Å². The van der Waals surface area contributed by atoms with Crippen molar-refractivity contribution in [2.75, 3.05) is 0 Å². The summed E-state index contributed by atoms with van der Waals surface area (Å²) in [5, 5.41) is 8.95. The van der Waals surface area contributed by atoms with Gasteiger partial charge in [0, 0.05) is 17.1 Å². The van der Waals surface area contributed by atoms with Crippen LogP contribution in [0.2, 0.25) is 0 Å². The summed E-state index contributed by atoms with van der Waals surface area (Å²) >= 11 is 3.15. The standard InChI is InChI=1S/C10H8BrF3N2O/c1-6-8(2-3-15)7(5-11)4-9(16-6)17-10(12,13)14/h4H,2,5H2,1H3. The molecular formula is C10H8BrF3N2O. The highest BCUT2D eigenvalue weighted by atomic mass is 79.9. The van der Waals surface area contributed by atoms with Crippen molar-refractivity contribution in [3.63, 3.8) is 0 Å². The van der Waals surface area contributed by atoms with Crippen LogP contribution in [0.5, 0.6) is 5.88 Å². The summed E-state index contributed by atoms with van der Waals surface area (Å²) in [5.74, 6) is -0.508. The van der Waals surface area contributed by atoms with Gasteiger partial charge in [-0.15, -0.1) is 13.2 Å². The van der Waals surface area contributed by atoms with Crippen LogP contribution in [0.4, 0.5) is 13.2 Å². The van der Waals surface area contributed by atoms with E-state index in [0.29, 0.717) is 22.2 Å². The molecule has 1 aromatic rings. The highest BCUT2D eigenvalue weighted by molar-refractivity contribution is 9.08. The molecule has 7 heteroatoms. The number of hydrogen-bond donors (Lipinski definition) is 0. The average Bonchev–Trinajstić information content (AvgIpc) is 2.19. The molecule has 0 atom stereocenters. The second-order valence-electron chi connectivity index (χ2n) is 3.20. The van der Waals surface area contributed by atoms with Crippen LogP contribution in [0.3, 0.4) is 0 Å². The van der Waals surface area contributed by atoms with Gasteiger partial charge in [-0.1, -0.05) is 15.9 Å². The van der Waals surface area contributed by atoms with Crippen LogP contribution in [0.1, 0.15) is 16.8 Å². The minimum Gasteiger partial charge on any atom is -0.388 e. The van der Waals surface area contributed by atoms with E-state index in [1.54, 1.807) is 6.92 Å². The molecule has 0 aromatic carbocycles. The molecule has 0 bridgehead atoms. The average molecular weight is 309 g/mol. The highest BCUT2D eigenvalue weighted by Crippen LogP contribution is 2.26. The van der Waals surface area contributed by atoms with Crippen molar-refractivity contribution in [1.82, 2.24) is 4.98 Å². The van der Waals surface area contributed by atoms with Gasteiger partial charge in [0.1, 0.15) is 0 Å². The molecule has 0 saturated heterocycles. The Labute approximate surface area is 104 Å². The fourth-order valence-corrected chi connectivity index (χ4v) is 1.84. The zero-order valence-electron chi connectivity index (χ0n) is 8.81. The van der Waals surface area contributed by atoms with Crippen molar-refractivity contribution in [3.05, 3.63) is 22.9 Å². The molecule has 0 N–H and O–H groups in total. The predicted octanol–water partition coefficient (Wildman–Crippen LogP) is 3.25. The van der Waals surface area contributed by atoms with Gasteiger partial charge < -0.3 is 4.74 Å². The van der Waals surface area contributed by atoms with E-state index in [9.17, 15) is 13.2 Å². The van der Waals surface area contributed by atoms with Crippen molar-refractivity contribution >= 4 is 15.9 Å². The summed E-state index contributed by atoms with van der Waals surface area (Å²) < 4.78 is 39.8. The molecular weight excluding hydrogens is 301 g/mol. The van der Waals surface area contributed by atoms with Gasteiger partial charge in [0.2, 0.25) is 5.88 Å². The molecule has 0 amide bonds. The molecule has 3 nitrogen and oxygen atoms in total. The lowest BCUT2D eigenvalue weighted by Gasteiger charge is -2.12. The lowest BCUT2D eigenvalue weighted by Crippen LogP contribution is -2.18. The van der Waals surface area contributed by atoms with Crippen LogP contribution in [0.25, 0.3) is 0 Å². The van der Waals surface area contributed by atoms with Crippen molar-refractivity contribution in [3.8, 4) is 11.9 Å². The van der Waals surface area contributed by atoms with E-state index in [1.807, 2.05) is 6.07 Å². The van der Waals surface area contributed by atoms with Crippen molar-refractivity contribution in [2.24, 2.45) is 0 Å². The summed E-state index contributed by atoms with van der Waals surface area (Å²) in [4.78, 5) is 3.67. The van der Waals surface area contributed by atoms with E-state index in [4.69, 9.17) is 5.26 Å². The second-order valence-corrected chi connectivity index (χ2v) is 3.76. The third-order valence-electron chi connectivity index (χ3n) is 2.02.